The molecule has 1 aromatic carbocycles. The van der Waals surface area contributed by atoms with Crippen molar-refractivity contribution in [3.05, 3.63) is 34.3 Å². The number of ketones is 1. The molecular formula is C39H63BrN2O11. The lowest BCUT2D eigenvalue weighted by molar-refractivity contribution is -0.301. The van der Waals surface area contributed by atoms with Gasteiger partial charge in [0.05, 0.1) is 29.8 Å². The highest BCUT2D eigenvalue weighted by molar-refractivity contribution is 9.10. The SMILES string of the molecule is CC[C@H]1OC(=O)[C@H](C)[C@@H](OC(=O)NCCc2ccccc2Br)[C@H](C)[C@@H](O[C@@H]2O[C@H](C)C[C@H](N(C)C)[C@H]2O)[C@](C)(OC)C[C@@H](C)C(=O)C[C@@H](OC)[C@]1(C)O. The molecule has 1 amide bonds. The number of halogens is 1. The highest BCUT2D eigenvalue weighted by atomic mass is 79.9. The number of hydrogen-bond acceptors (Lipinski definition) is 12. The summed E-state index contributed by atoms with van der Waals surface area (Å²) in [5.74, 6) is -3.40. The summed E-state index contributed by atoms with van der Waals surface area (Å²) in [6.07, 6.45) is -6.08. The fourth-order valence-corrected chi connectivity index (χ4v) is 8.26. The van der Waals surface area contributed by atoms with E-state index in [-0.39, 0.29) is 43.7 Å². The molecule has 3 rings (SSSR count). The maximum Gasteiger partial charge on any atom is 0.407 e. The monoisotopic (exact) mass is 814 g/mol. The number of likely N-dealkylation sites (N-methyl/N-ethyl adjacent to an activating group) is 1. The van der Waals surface area contributed by atoms with Crippen molar-refractivity contribution in [3.63, 3.8) is 0 Å². The van der Waals surface area contributed by atoms with E-state index in [0.29, 0.717) is 12.8 Å². The van der Waals surface area contributed by atoms with Gasteiger partial charge in [0.25, 0.3) is 0 Å². The second kappa shape index (κ2) is 19.6. The Bertz CT molecular complexity index is 1360. The molecule has 0 radical (unpaired) electrons. The number of ether oxygens (including phenoxy) is 6. The van der Waals surface area contributed by atoms with E-state index in [1.807, 2.05) is 50.2 Å². The lowest BCUT2D eigenvalue weighted by Crippen LogP contribution is -2.60. The molecule has 2 aliphatic rings. The molecule has 302 valence electrons. The van der Waals surface area contributed by atoms with Crippen molar-refractivity contribution in [2.24, 2.45) is 17.8 Å². The summed E-state index contributed by atoms with van der Waals surface area (Å²) >= 11 is 3.54. The fraction of sp³-hybridized carbons (Fsp3) is 0.769. The first kappa shape index (κ1) is 45.2. The van der Waals surface area contributed by atoms with E-state index in [2.05, 4.69) is 21.2 Å². The summed E-state index contributed by atoms with van der Waals surface area (Å²) in [6.45, 7) is 12.4. The molecule has 2 heterocycles. The zero-order chi connectivity index (χ0) is 39.8. The second-order valence-electron chi connectivity index (χ2n) is 15.5. The van der Waals surface area contributed by atoms with Crippen molar-refractivity contribution in [2.45, 2.75) is 141 Å². The average Bonchev–Trinajstić information content (AvgIpc) is 3.11. The highest BCUT2D eigenvalue weighted by Crippen LogP contribution is 2.39. The Morgan fingerprint density at radius 2 is 1.77 bits per heavy atom. The van der Waals surface area contributed by atoms with Crippen LogP contribution in [0.25, 0.3) is 0 Å². The Morgan fingerprint density at radius 3 is 2.36 bits per heavy atom. The van der Waals surface area contributed by atoms with Crippen LogP contribution in [-0.4, -0.2) is 128 Å². The topological polar surface area (TPSA) is 162 Å². The summed E-state index contributed by atoms with van der Waals surface area (Å²) in [5.41, 5.74) is -1.98. The van der Waals surface area contributed by atoms with E-state index in [0.717, 1.165) is 10.0 Å². The van der Waals surface area contributed by atoms with Crippen molar-refractivity contribution >= 4 is 33.8 Å². The van der Waals surface area contributed by atoms with Crippen molar-refractivity contribution < 1.29 is 53.0 Å². The Hall–Kier alpha value is -2.17. The largest absolute Gasteiger partial charge is 0.459 e. The number of aliphatic hydroxyl groups is 2. The second-order valence-corrected chi connectivity index (χ2v) is 16.3. The number of cyclic esters (lactones) is 1. The minimum atomic E-state index is -1.73. The minimum absolute atomic E-state index is 0.145. The Balaban J connectivity index is 2.11. The third-order valence-corrected chi connectivity index (χ3v) is 12.0. The molecule has 1 aromatic rings. The number of nitrogens with one attached hydrogen (secondary N) is 1. The van der Waals surface area contributed by atoms with E-state index in [9.17, 15) is 24.6 Å². The number of benzene rings is 1. The predicted octanol–water partition coefficient (Wildman–Crippen LogP) is 4.66. The van der Waals surface area contributed by atoms with Gasteiger partial charge in [-0.25, -0.2) is 4.79 Å². The van der Waals surface area contributed by atoms with Crippen LogP contribution in [0, 0.1) is 17.8 Å². The molecule has 0 bridgehead atoms. The van der Waals surface area contributed by atoms with Crippen LogP contribution < -0.4 is 5.32 Å². The third kappa shape index (κ3) is 11.2. The summed E-state index contributed by atoms with van der Waals surface area (Å²) < 4.78 is 37.8. The molecule has 13 nitrogen and oxygen atoms in total. The van der Waals surface area contributed by atoms with Crippen LogP contribution in [0.2, 0.25) is 0 Å². The zero-order valence-electron chi connectivity index (χ0n) is 33.3. The number of rotatable bonds is 10. The summed E-state index contributed by atoms with van der Waals surface area (Å²) in [5, 5.41) is 26.1. The van der Waals surface area contributed by atoms with Gasteiger partial charge in [-0.3, -0.25) is 9.59 Å². The molecule has 0 unspecified atom stereocenters. The maximum atomic E-state index is 14.1. The van der Waals surface area contributed by atoms with E-state index in [4.69, 9.17) is 28.4 Å². The Morgan fingerprint density at radius 1 is 1.11 bits per heavy atom. The van der Waals surface area contributed by atoms with E-state index in [1.165, 1.54) is 21.1 Å². The van der Waals surface area contributed by atoms with Crippen LogP contribution in [0.3, 0.4) is 0 Å². The first-order valence-electron chi connectivity index (χ1n) is 18.7. The van der Waals surface area contributed by atoms with E-state index < -0.39 is 77.8 Å². The van der Waals surface area contributed by atoms with Crippen molar-refractivity contribution in [1.29, 1.82) is 0 Å². The van der Waals surface area contributed by atoms with Gasteiger partial charge in [-0.1, -0.05) is 54.9 Å². The molecule has 2 aliphatic heterocycles. The lowest BCUT2D eigenvalue weighted by Gasteiger charge is -2.48. The zero-order valence-corrected chi connectivity index (χ0v) is 34.9. The predicted molar refractivity (Wildman–Crippen MR) is 202 cm³/mol. The van der Waals surface area contributed by atoms with Crippen LogP contribution in [0.5, 0.6) is 0 Å². The molecule has 53 heavy (non-hydrogen) atoms. The third-order valence-electron chi connectivity index (χ3n) is 11.2. The van der Waals surface area contributed by atoms with Gasteiger partial charge in [0.2, 0.25) is 0 Å². The first-order valence-corrected chi connectivity index (χ1v) is 19.5. The Labute approximate surface area is 323 Å². The number of hydrogen-bond donors (Lipinski definition) is 3. The fourth-order valence-electron chi connectivity index (χ4n) is 7.78. The van der Waals surface area contributed by atoms with E-state index >= 15 is 0 Å². The van der Waals surface area contributed by atoms with Gasteiger partial charge < -0.3 is 48.9 Å². The van der Waals surface area contributed by atoms with Gasteiger partial charge in [0, 0.05) is 49.5 Å². The smallest absolute Gasteiger partial charge is 0.407 e. The number of carbonyl (C=O) groups is 3. The van der Waals surface area contributed by atoms with Gasteiger partial charge in [0.1, 0.15) is 29.7 Å². The number of aliphatic hydroxyl groups excluding tert-OH is 1. The average molecular weight is 816 g/mol. The van der Waals surface area contributed by atoms with Crippen LogP contribution in [0.15, 0.2) is 28.7 Å². The summed E-state index contributed by atoms with van der Waals surface area (Å²) in [4.78, 5) is 43.4. The summed E-state index contributed by atoms with van der Waals surface area (Å²) in [6, 6.07) is 7.40. The first-order chi connectivity index (χ1) is 24.8. The number of Topliss-reactive ketones (excluding diaryl/α,β-unsaturated/α-hetero) is 1. The number of methoxy groups -OCH3 is 2. The van der Waals surface area contributed by atoms with E-state index in [1.54, 1.807) is 34.6 Å². The number of carbonyl (C=O) groups excluding carboxylic acids is 3. The molecule has 2 fully saturated rings. The molecular weight excluding hydrogens is 752 g/mol. The molecule has 0 aromatic heterocycles. The van der Waals surface area contributed by atoms with Crippen LogP contribution in [0.4, 0.5) is 4.79 Å². The summed E-state index contributed by atoms with van der Waals surface area (Å²) in [7, 11) is 6.66. The highest BCUT2D eigenvalue weighted by Gasteiger charge is 2.52. The van der Waals surface area contributed by atoms with Gasteiger partial charge in [-0.05, 0) is 79.1 Å². The lowest BCUT2D eigenvalue weighted by atomic mass is 9.76. The van der Waals surface area contributed by atoms with Crippen LogP contribution in [-0.2, 0) is 44.4 Å². The molecule has 2 saturated heterocycles. The molecule has 0 saturated carbocycles. The van der Waals surface area contributed by atoms with Crippen LogP contribution in [0.1, 0.15) is 79.7 Å². The van der Waals surface area contributed by atoms with Gasteiger partial charge in [-0.2, -0.15) is 0 Å². The standard InChI is InChI=1S/C39H63BrN2O11/c1-12-30-39(7,47)31(48-10)20-29(43)22(2)21-38(6,49-11)34(53-36-32(44)28(42(8)9)19-23(3)50-36)24(4)33(25(5)35(45)51-30)52-37(46)41-18-17-26-15-13-14-16-27(26)40/h13-16,22-25,28,30-34,36,44,47H,12,17-21H2,1-11H3,(H,41,46)/t22-,23-,24+,25-,28+,30-,31-,32-,33+,34-,36+,38-,39-/m1/s1. The van der Waals surface area contributed by atoms with Crippen molar-refractivity contribution in [2.75, 3.05) is 34.9 Å². The van der Waals surface area contributed by atoms with Gasteiger partial charge in [0.15, 0.2) is 6.29 Å². The normalized spacial score (nSPS) is 37.8. The van der Waals surface area contributed by atoms with Gasteiger partial charge in [-0.15, -0.1) is 0 Å². The maximum absolute atomic E-state index is 14.1. The Kier molecular flexibility index (Phi) is 16.7. The molecule has 0 spiro atoms. The number of alkyl carbamates (subject to hydrolysis) is 1. The van der Waals surface area contributed by atoms with Crippen molar-refractivity contribution in [1.82, 2.24) is 10.2 Å². The molecule has 3 N–H and O–H groups in total. The molecule has 14 heteroatoms. The number of nitrogens with zero attached hydrogens (tertiary/aromatic N) is 1. The van der Waals surface area contributed by atoms with Gasteiger partial charge >= 0.3 is 12.1 Å². The minimum Gasteiger partial charge on any atom is -0.459 e. The molecule has 0 aliphatic carbocycles. The quantitative estimate of drug-likeness (QED) is 0.281. The van der Waals surface area contributed by atoms with Crippen LogP contribution >= 0.6 is 15.9 Å². The molecule has 13 atom stereocenters. The number of amides is 1. The van der Waals surface area contributed by atoms with Crippen molar-refractivity contribution in [3.8, 4) is 0 Å². The number of esters is 1.